The van der Waals surface area contributed by atoms with Crippen molar-refractivity contribution in [3.8, 4) is 0 Å². The largest absolute Gasteiger partial charge is 0.480 e. The number of hydrogen-bond donors (Lipinski definition) is 2. The molecule has 1 amide bonds. The van der Waals surface area contributed by atoms with Crippen LogP contribution in [0.1, 0.15) is 25.0 Å². The van der Waals surface area contributed by atoms with Gasteiger partial charge in [0.25, 0.3) is 0 Å². The molecule has 0 bridgehead atoms. The van der Waals surface area contributed by atoms with Crippen LogP contribution in [0.3, 0.4) is 0 Å². The van der Waals surface area contributed by atoms with Crippen LogP contribution >= 0.6 is 0 Å². The van der Waals surface area contributed by atoms with Crippen molar-refractivity contribution in [1.82, 2.24) is 10.5 Å². The van der Waals surface area contributed by atoms with E-state index in [0.29, 0.717) is 18.5 Å². The molecule has 1 fully saturated rings. The zero-order valence-electron chi connectivity index (χ0n) is 8.60. The first-order chi connectivity index (χ1) is 7.65. The van der Waals surface area contributed by atoms with Crippen molar-refractivity contribution in [1.29, 1.82) is 0 Å². The fourth-order valence-corrected chi connectivity index (χ4v) is 1.74. The second-order valence-electron chi connectivity index (χ2n) is 3.91. The molecule has 1 saturated carbocycles. The predicted octanol–water partition coefficient (Wildman–Crippen LogP) is 0.546. The van der Waals surface area contributed by atoms with E-state index in [1.54, 1.807) is 6.07 Å². The number of carbonyl (C=O) groups is 2. The second-order valence-corrected chi connectivity index (χ2v) is 3.91. The number of carbonyl (C=O) groups excluding carboxylic acids is 1. The van der Waals surface area contributed by atoms with Crippen LogP contribution in [0.15, 0.2) is 16.9 Å². The molecular formula is C10H12N2O4. The Morgan fingerprint density at radius 3 is 2.75 bits per heavy atom. The van der Waals surface area contributed by atoms with E-state index in [2.05, 4.69) is 15.0 Å². The summed E-state index contributed by atoms with van der Waals surface area (Å²) in [5, 5.41) is 15.2. The van der Waals surface area contributed by atoms with Crippen molar-refractivity contribution >= 4 is 11.9 Å². The number of amides is 1. The van der Waals surface area contributed by atoms with Gasteiger partial charge in [-0.15, -0.1) is 0 Å². The van der Waals surface area contributed by atoms with Crippen molar-refractivity contribution in [2.24, 2.45) is 5.41 Å². The maximum atomic E-state index is 11.7. The highest BCUT2D eigenvalue weighted by Gasteiger charge is 2.51. The molecule has 6 heteroatoms. The molecule has 86 valence electrons. The molecule has 1 heterocycles. The number of nitrogens with one attached hydrogen (secondary N) is 1. The van der Waals surface area contributed by atoms with E-state index < -0.39 is 17.3 Å². The normalized spacial score (nSPS) is 17.5. The van der Waals surface area contributed by atoms with Gasteiger partial charge in [-0.1, -0.05) is 11.6 Å². The fourth-order valence-electron chi connectivity index (χ4n) is 1.74. The minimum absolute atomic E-state index is 0.199. The number of hydrogen-bond acceptors (Lipinski definition) is 4. The van der Waals surface area contributed by atoms with Crippen LogP contribution in [0.5, 0.6) is 0 Å². The Balaban J connectivity index is 1.95. The monoisotopic (exact) mass is 224 g/mol. The Bertz CT molecular complexity index is 395. The lowest BCUT2D eigenvalue weighted by atomic mass is 9.68. The zero-order chi connectivity index (χ0) is 11.6. The van der Waals surface area contributed by atoms with Crippen LogP contribution in [0.4, 0.5) is 0 Å². The second kappa shape index (κ2) is 3.96. The molecule has 1 aromatic rings. The highest BCUT2D eigenvalue weighted by molar-refractivity contribution is 6.02. The zero-order valence-corrected chi connectivity index (χ0v) is 8.60. The van der Waals surface area contributed by atoms with Gasteiger partial charge in [0.2, 0.25) is 5.91 Å². The van der Waals surface area contributed by atoms with E-state index in [-0.39, 0.29) is 6.54 Å². The average Bonchev–Trinajstić information content (AvgIpc) is 2.64. The molecule has 0 spiro atoms. The van der Waals surface area contributed by atoms with Gasteiger partial charge >= 0.3 is 5.97 Å². The van der Waals surface area contributed by atoms with Gasteiger partial charge in [-0.3, -0.25) is 9.59 Å². The topological polar surface area (TPSA) is 92.4 Å². The van der Waals surface area contributed by atoms with Crippen molar-refractivity contribution in [2.45, 2.75) is 25.8 Å². The summed E-state index contributed by atoms with van der Waals surface area (Å²) in [6.07, 6.45) is 3.00. The molecule has 16 heavy (non-hydrogen) atoms. The first kappa shape index (κ1) is 10.7. The van der Waals surface area contributed by atoms with Gasteiger partial charge in [-0.05, 0) is 12.8 Å². The third-order valence-electron chi connectivity index (χ3n) is 2.97. The average molecular weight is 224 g/mol. The Labute approximate surface area is 91.6 Å². The molecule has 6 nitrogen and oxygen atoms in total. The molecule has 0 saturated heterocycles. The maximum Gasteiger partial charge on any atom is 0.319 e. The number of carboxylic acids is 1. The first-order valence-electron chi connectivity index (χ1n) is 5.06. The van der Waals surface area contributed by atoms with E-state index in [1.165, 1.54) is 6.26 Å². The van der Waals surface area contributed by atoms with E-state index in [1.807, 2.05) is 0 Å². The fraction of sp³-hybridized carbons (Fsp3) is 0.500. The standard InChI is InChI=1S/C10H12N2O4/c13-8(10(9(14)15)3-1-4-10)11-6-7-2-5-16-12-7/h2,5H,1,3-4,6H2,(H,11,13)(H,14,15). The van der Waals surface area contributed by atoms with E-state index in [9.17, 15) is 9.59 Å². The Morgan fingerprint density at radius 2 is 2.31 bits per heavy atom. The van der Waals surface area contributed by atoms with Gasteiger partial charge in [0, 0.05) is 6.07 Å². The van der Waals surface area contributed by atoms with Crippen molar-refractivity contribution in [2.75, 3.05) is 0 Å². The SMILES string of the molecule is O=C(O)C1(C(=O)NCc2ccon2)CCC1. The van der Waals surface area contributed by atoms with Crippen LogP contribution < -0.4 is 5.32 Å². The summed E-state index contributed by atoms with van der Waals surface area (Å²) in [4.78, 5) is 22.7. The van der Waals surface area contributed by atoms with Gasteiger partial charge in [0.1, 0.15) is 17.4 Å². The van der Waals surface area contributed by atoms with Gasteiger partial charge in [-0.2, -0.15) is 0 Å². The molecule has 2 rings (SSSR count). The number of aromatic nitrogens is 1. The molecule has 1 aliphatic carbocycles. The van der Waals surface area contributed by atoms with Gasteiger partial charge in [0.15, 0.2) is 0 Å². The minimum Gasteiger partial charge on any atom is -0.480 e. The summed E-state index contributed by atoms with van der Waals surface area (Å²) in [6.45, 7) is 0.199. The lowest BCUT2D eigenvalue weighted by molar-refractivity contribution is -0.162. The summed E-state index contributed by atoms with van der Waals surface area (Å²) in [6, 6.07) is 1.62. The molecule has 0 radical (unpaired) electrons. The summed E-state index contributed by atoms with van der Waals surface area (Å²) < 4.78 is 4.60. The molecule has 1 aliphatic rings. The summed E-state index contributed by atoms with van der Waals surface area (Å²) in [5.41, 5.74) is -0.641. The Morgan fingerprint density at radius 1 is 1.56 bits per heavy atom. The van der Waals surface area contributed by atoms with E-state index in [4.69, 9.17) is 5.11 Å². The minimum atomic E-state index is -1.22. The molecule has 0 unspecified atom stereocenters. The maximum absolute atomic E-state index is 11.7. The summed E-state index contributed by atoms with van der Waals surface area (Å²) >= 11 is 0. The number of carboxylic acid groups (broad SMARTS) is 1. The van der Waals surface area contributed by atoms with Gasteiger partial charge in [-0.25, -0.2) is 0 Å². The van der Waals surface area contributed by atoms with Crippen molar-refractivity contribution in [3.05, 3.63) is 18.0 Å². The van der Waals surface area contributed by atoms with Crippen LogP contribution in [0, 0.1) is 5.41 Å². The number of rotatable bonds is 4. The lowest BCUT2D eigenvalue weighted by Crippen LogP contribution is -2.50. The van der Waals surface area contributed by atoms with Crippen molar-refractivity contribution in [3.63, 3.8) is 0 Å². The number of nitrogens with zero attached hydrogens (tertiary/aromatic N) is 1. The third kappa shape index (κ3) is 1.66. The van der Waals surface area contributed by atoms with Gasteiger partial charge in [0.05, 0.1) is 6.54 Å². The Hall–Kier alpha value is -1.85. The molecule has 0 aromatic carbocycles. The highest BCUT2D eigenvalue weighted by Crippen LogP contribution is 2.41. The predicted molar refractivity (Wildman–Crippen MR) is 52.3 cm³/mol. The Kier molecular flexibility index (Phi) is 2.64. The first-order valence-corrected chi connectivity index (χ1v) is 5.06. The molecule has 0 aliphatic heterocycles. The molecule has 0 atom stereocenters. The smallest absolute Gasteiger partial charge is 0.319 e. The van der Waals surface area contributed by atoms with Crippen molar-refractivity contribution < 1.29 is 19.2 Å². The lowest BCUT2D eigenvalue weighted by Gasteiger charge is -2.35. The highest BCUT2D eigenvalue weighted by atomic mass is 16.5. The van der Waals surface area contributed by atoms with Crippen LogP contribution in [0.2, 0.25) is 0 Å². The van der Waals surface area contributed by atoms with E-state index >= 15 is 0 Å². The molecule has 1 aromatic heterocycles. The van der Waals surface area contributed by atoms with Crippen LogP contribution in [0.25, 0.3) is 0 Å². The van der Waals surface area contributed by atoms with Gasteiger partial charge < -0.3 is 14.9 Å². The summed E-state index contributed by atoms with van der Waals surface area (Å²) in [7, 11) is 0. The molecule has 2 N–H and O–H groups in total. The number of aliphatic carboxylic acids is 1. The van der Waals surface area contributed by atoms with Crippen LogP contribution in [-0.2, 0) is 16.1 Å². The summed E-state index contributed by atoms with van der Waals surface area (Å²) in [5.74, 6) is -1.48. The van der Waals surface area contributed by atoms with E-state index in [0.717, 1.165) is 6.42 Å². The third-order valence-corrected chi connectivity index (χ3v) is 2.97. The molecular weight excluding hydrogens is 212 g/mol. The quantitative estimate of drug-likeness (QED) is 0.728. The van der Waals surface area contributed by atoms with Crippen LogP contribution in [-0.4, -0.2) is 22.1 Å².